The molecule has 0 N–H and O–H groups in total. The molecule has 1 aliphatic rings. The number of carbonyl (C=O) groups excluding carboxylic acids is 1. The number of nitro groups is 1. The lowest BCUT2D eigenvalue weighted by atomic mass is 10.0. The molecular weight excluding hydrogens is 380 g/mol. The summed E-state index contributed by atoms with van der Waals surface area (Å²) in [5, 5.41) is 11.5. The van der Waals surface area contributed by atoms with Crippen LogP contribution in [0.25, 0.3) is 0 Å². The molecule has 1 fully saturated rings. The zero-order chi connectivity index (χ0) is 20.9. The molecule has 0 spiro atoms. The highest BCUT2D eigenvalue weighted by molar-refractivity contribution is 6.08. The van der Waals surface area contributed by atoms with Crippen molar-refractivity contribution in [3.8, 4) is 11.5 Å². The van der Waals surface area contributed by atoms with Crippen LogP contribution in [0.3, 0.4) is 0 Å². The molecule has 0 bridgehead atoms. The predicted molar refractivity (Wildman–Crippen MR) is 116 cm³/mol. The van der Waals surface area contributed by atoms with E-state index in [9.17, 15) is 14.9 Å². The van der Waals surface area contributed by atoms with Gasteiger partial charge < -0.3 is 9.64 Å². The molecule has 1 saturated heterocycles. The van der Waals surface area contributed by atoms with E-state index in [2.05, 4.69) is 4.90 Å². The van der Waals surface area contributed by atoms with Gasteiger partial charge in [-0.15, -0.1) is 0 Å². The lowest BCUT2D eigenvalue weighted by Gasteiger charge is -2.28. The molecule has 6 nitrogen and oxygen atoms in total. The minimum Gasteiger partial charge on any atom is -0.457 e. The summed E-state index contributed by atoms with van der Waals surface area (Å²) in [4.78, 5) is 25.7. The first-order valence-electron chi connectivity index (χ1n) is 10.0. The Bertz CT molecular complexity index is 1040. The van der Waals surface area contributed by atoms with Crippen LogP contribution in [-0.2, 0) is 0 Å². The van der Waals surface area contributed by atoms with Gasteiger partial charge in [-0.3, -0.25) is 14.9 Å². The number of hydrogen-bond acceptors (Lipinski definition) is 5. The number of nitro benzene ring substituents is 1. The first kappa shape index (κ1) is 19.6. The van der Waals surface area contributed by atoms with Gasteiger partial charge in [0.1, 0.15) is 17.2 Å². The molecule has 3 aromatic rings. The van der Waals surface area contributed by atoms with Gasteiger partial charge in [-0.05, 0) is 49.6 Å². The molecule has 30 heavy (non-hydrogen) atoms. The van der Waals surface area contributed by atoms with Crippen LogP contribution in [0.5, 0.6) is 11.5 Å². The van der Waals surface area contributed by atoms with E-state index in [0.29, 0.717) is 28.3 Å². The number of rotatable bonds is 6. The van der Waals surface area contributed by atoms with Crippen molar-refractivity contribution in [2.75, 3.05) is 18.0 Å². The van der Waals surface area contributed by atoms with Crippen molar-refractivity contribution < 1.29 is 14.5 Å². The minimum absolute atomic E-state index is 0.0510. The number of anilines is 1. The Morgan fingerprint density at radius 3 is 2.13 bits per heavy atom. The fourth-order valence-electron chi connectivity index (χ4n) is 3.68. The van der Waals surface area contributed by atoms with Gasteiger partial charge in [-0.1, -0.05) is 30.3 Å². The van der Waals surface area contributed by atoms with Crippen molar-refractivity contribution in [3.05, 3.63) is 94.0 Å². The summed E-state index contributed by atoms with van der Waals surface area (Å²) in [6.07, 6.45) is 3.20. The van der Waals surface area contributed by atoms with Gasteiger partial charge in [0, 0.05) is 36.3 Å². The van der Waals surface area contributed by atoms with Crippen LogP contribution >= 0.6 is 0 Å². The first-order valence-corrected chi connectivity index (χ1v) is 10.0. The van der Waals surface area contributed by atoms with Crippen molar-refractivity contribution in [1.29, 1.82) is 0 Å². The largest absolute Gasteiger partial charge is 0.457 e. The first-order chi connectivity index (χ1) is 14.6. The lowest BCUT2D eigenvalue weighted by molar-refractivity contribution is -0.384. The molecule has 0 atom stereocenters. The maximum Gasteiger partial charge on any atom is 0.292 e. The van der Waals surface area contributed by atoms with E-state index >= 15 is 0 Å². The molecular formula is C24H22N2O4. The fourth-order valence-corrected chi connectivity index (χ4v) is 3.68. The molecule has 0 amide bonds. The average Bonchev–Trinajstić information content (AvgIpc) is 2.80. The number of ketones is 1. The Hall–Kier alpha value is -3.67. The van der Waals surface area contributed by atoms with E-state index in [0.717, 1.165) is 32.4 Å². The van der Waals surface area contributed by atoms with E-state index in [1.54, 1.807) is 48.5 Å². The molecule has 0 aromatic heterocycles. The molecule has 1 aliphatic heterocycles. The number of benzene rings is 3. The Labute approximate surface area is 174 Å². The Morgan fingerprint density at radius 2 is 1.47 bits per heavy atom. The molecule has 0 aliphatic carbocycles. The monoisotopic (exact) mass is 402 g/mol. The molecule has 6 heteroatoms. The summed E-state index contributed by atoms with van der Waals surface area (Å²) in [6.45, 7) is 1.61. The second-order valence-electron chi connectivity index (χ2n) is 7.28. The smallest absolute Gasteiger partial charge is 0.292 e. The van der Waals surface area contributed by atoms with E-state index in [-0.39, 0.29) is 16.4 Å². The van der Waals surface area contributed by atoms with E-state index in [1.807, 2.05) is 18.2 Å². The summed E-state index contributed by atoms with van der Waals surface area (Å²) < 4.78 is 5.92. The molecule has 0 saturated carbocycles. The highest BCUT2D eigenvalue weighted by atomic mass is 16.6. The predicted octanol–water partition coefficient (Wildman–Crippen LogP) is 5.61. The summed E-state index contributed by atoms with van der Waals surface area (Å²) in [5.41, 5.74) is 1.89. The van der Waals surface area contributed by atoms with Crippen LogP contribution < -0.4 is 9.64 Å². The molecule has 4 rings (SSSR count). The van der Waals surface area contributed by atoms with E-state index in [1.165, 1.54) is 6.07 Å². The highest BCUT2D eigenvalue weighted by Gasteiger charge is 2.22. The van der Waals surface area contributed by atoms with Gasteiger partial charge in [0.05, 0.1) is 4.92 Å². The minimum atomic E-state index is -0.349. The summed E-state index contributed by atoms with van der Waals surface area (Å²) in [5.74, 6) is 1.05. The number of hydrogen-bond donors (Lipinski definition) is 0. The van der Waals surface area contributed by atoms with Crippen LogP contribution in [0.1, 0.15) is 35.2 Å². The zero-order valence-corrected chi connectivity index (χ0v) is 16.5. The van der Waals surface area contributed by atoms with Gasteiger partial charge in [0.15, 0.2) is 5.78 Å². The lowest BCUT2D eigenvalue weighted by Crippen LogP contribution is -2.29. The SMILES string of the molecule is O=C(c1ccccc1)c1ccc(Oc2ccc([N+](=O)[O-])c(N3CCCCC3)c2)cc1. The third kappa shape index (κ3) is 4.33. The van der Waals surface area contributed by atoms with Crippen molar-refractivity contribution in [2.24, 2.45) is 0 Å². The van der Waals surface area contributed by atoms with Gasteiger partial charge in [0.2, 0.25) is 0 Å². The van der Waals surface area contributed by atoms with Gasteiger partial charge >= 0.3 is 0 Å². The second-order valence-corrected chi connectivity index (χ2v) is 7.28. The standard InChI is InChI=1S/C24H22N2O4/c27-24(18-7-3-1-4-8-18)19-9-11-20(12-10-19)30-21-13-14-22(26(28)29)23(17-21)25-15-5-2-6-16-25/h1,3-4,7-14,17H,2,5-6,15-16H2. The number of nitrogens with zero attached hydrogens (tertiary/aromatic N) is 2. The van der Waals surface area contributed by atoms with E-state index in [4.69, 9.17) is 4.74 Å². The quantitative estimate of drug-likeness (QED) is 0.304. The molecule has 0 unspecified atom stereocenters. The maximum atomic E-state index is 12.5. The number of piperidine rings is 1. The normalized spacial score (nSPS) is 13.7. The topological polar surface area (TPSA) is 72.7 Å². The molecule has 152 valence electrons. The van der Waals surface area contributed by atoms with Crippen LogP contribution in [0.15, 0.2) is 72.8 Å². The van der Waals surface area contributed by atoms with Crippen molar-refractivity contribution >= 4 is 17.2 Å². The Morgan fingerprint density at radius 1 is 0.833 bits per heavy atom. The van der Waals surface area contributed by atoms with Crippen LogP contribution in [-0.4, -0.2) is 23.8 Å². The summed E-state index contributed by atoms with van der Waals surface area (Å²) >= 11 is 0. The number of ether oxygens (including phenoxy) is 1. The van der Waals surface area contributed by atoms with Crippen LogP contribution in [0.2, 0.25) is 0 Å². The zero-order valence-electron chi connectivity index (χ0n) is 16.5. The Kier molecular flexibility index (Phi) is 5.75. The van der Waals surface area contributed by atoms with Crippen LogP contribution in [0.4, 0.5) is 11.4 Å². The Balaban J connectivity index is 1.54. The van der Waals surface area contributed by atoms with Gasteiger partial charge in [-0.25, -0.2) is 0 Å². The third-order valence-electron chi connectivity index (χ3n) is 5.23. The average molecular weight is 402 g/mol. The highest BCUT2D eigenvalue weighted by Crippen LogP contribution is 2.35. The van der Waals surface area contributed by atoms with E-state index < -0.39 is 0 Å². The third-order valence-corrected chi connectivity index (χ3v) is 5.23. The van der Waals surface area contributed by atoms with Crippen LogP contribution in [0, 0.1) is 10.1 Å². The van der Waals surface area contributed by atoms with Crippen molar-refractivity contribution in [3.63, 3.8) is 0 Å². The van der Waals surface area contributed by atoms with Gasteiger partial charge in [0.25, 0.3) is 5.69 Å². The van der Waals surface area contributed by atoms with Crippen molar-refractivity contribution in [1.82, 2.24) is 0 Å². The molecule has 3 aromatic carbocycles. The summed E-state index contributed by atoms with van der Waals surface area (Å²) in [6, 6.07) is 20.8. The molecule has 0 radical (unpaired) electrons. The molecule has 1 heterocycles. The second kappa shape index (κ2) is 8.78. The van der Waals surface area contributed by atoms with Gasteiger partial charge in [-0.2, -0.15) is 0 Å². The fraction of sp³-hybridized carbons (Fsp3) is 0.208. The summed E-state index contributed by atoms with van der Waals surface area (Å²) in [7, 11) is 0. The number of carbonyl (C=O) groups is 1. The maximum absolute atomic E-state index is 12.5. The van der Waals surface area contributed by atoms with Crippen molar-refractivity contribution in [2.45, 2.75) is 19.3 Å².